The summed E-state index contributed by atoms with van der Waals surface area (Å²) in [5.74, 6) is 0. The van der Waals surface area contributed by atoms with Gasteiger partial charge in [-0.2, -0.15) is 13.2 Å². The van der Waals surface area contributed by atoms with E-state index in [9.17, 15) is 23.3 Å². The fourth-order valence-electron chi connectivity index (χ4n) is 2.64. The quantitative estimate of drug-likeness (QED) is 0.626. The summed E-state index contributed by atoms with van der Waals surface area (Å²) < 4.78 is 49.8. The molecule has 0 radical (unpaired) electrons. The topological polar surface area (TPSA) is 64.8 Å². The van der Waals surface area contributed by atoms with Gasteiger partial charge in [0.2, 0.25) is 0 Å². The van der Waals surface area contributed by atoms with Crippen molar-refractivity contribution in [2.75, 3.05) is 31.7 Å². The molecule has 1 aliphatic heterocycles. The van der Waals surface area contributed by atoms with Crippen molar-refractivity contribution in [1.29, 1.82) is 0 Å². The van der Waals surface area contributed by atoms with Crippen LogP contribution in [0.2, 0.25) is 0 Å². The highest BCUT2D eigenvalue weighted by Gasteiger charge is 2.39. The molecule has 0 spiro atoms. The van der Waals surface area contributed by atoms with E-state index in [1.54, 1.807) is 4.90 Å². The molecule has 0 bridgehead atoms. The maximum atomic E-state index is 13.1. The fourth-order valence-corrected chi connectivity index (χ4v) is 2.64. The molecular formula is C14H17F3N2O4. The summed E-state index contributed by atoms with van der Waals surface area (Å²) in [7, 11) is 1.51. The number of anilines is 1. The molecule has 0 amide bonds. The molecule has 1 aliphatic rings. The molecular weight excluding hydrogens is 317 g/mol. The van der Waals surface area contributed by atoms with Crippen LogP contribution in [0.15, 0.2) is 18.2 Å². The lowest BCUT2D eigenvalue weighted by molar-refractivity contribution is -0.388. The zero-order chi connectivity index (χ0) is 17.2. The average Bonchev–Trinajstić information content (AvgIpc) is 2.45. The zero-order valence-corrected chi connectivity index (χ0v) is 12.7. The van der Waals surface area contributed by atoms with Gasteiger partial charge in [0, 0.05) is 32.0 Å². The van der Waals surface area contributed by atoms with Crippen LogP contribution in [0.3, 0.4) is 0 Å². The first-order chi connectivity index (χ1) is 10.7. The third-order valence-corrected chi connectivity index (χ3v) is 3.53. The van der Waals surface area contributed by atoms with Gasteiger partial charge in [0.15, 0.2) is 0 Å². The van der Waals surface area contributed by atoms with Crippen LogP contribution in [-0.2, 0) is 15.7 Å². The largest absolute Gasteiger partial charge is 0.423 e. The molecule has 128 valence electrons. The van der Waals surface area contributed by atoms with Gasteiger partial charge in [-0.3, -0.25) is 10.1 Å². The molecule has 2 rings (SSSR count). The van der Waals surface area contributed by atoms with Gasteiger partial charge in [-0.15, -0.1) is 0 Å². The van der Waals surface area contributed by atoms with E-state index in [4.69, 9.17) is 9.47 Å². The SMILES string of the molecule is COCC1CN(c2ccc([N+](=O)[O-])c(C(F)(F)F)c2)CC(C)O1. The highest BCUT2D eigenvalue weighted by Crippen LogP contribution is 2.38. The molecule has 1 saturated heterocycles. The zero-order valence-electron chi connectivity index (χ0n) is 12.7. The monoisotopic (exact) mass is 334 g/mol. The number of morpholine rings is 1. The molecule has 1 fully saturated rings. The van der Waals surface area contributed by atoms with Crippen LogP contribution in [-0.4, -0.2) is 43.9 Å². The summed E-state index contributed by atoms with van der Waals surface area (Å²) in [5, 5.41) is 10.8. The smallest absolute Gasteiger partial charge is 0.382 e. The predicted molar refractivity (Wildman–Crippen MR) is 76.5 cm³/mol. The average molecular weight is 334 g/mol. The molecule has 1 aromatic carbocycles. The minimum atomic E-state index is -4.79. The van der Waals surface area contributed by atoms with Crippen molar-refractivity contribution in [2.24, 2.45) is 0 Å². The number of halogens is 3. The van der Waals surface area contributed by atoms with Crippen molar-refractivity contribution in [2.45, 2.75) is 25.3 Å². The Morgan fingerprint density at radius 1 is 1.43 bits per heavy atom. The van der Waals surface area contributed by atoms with E-state index < -0.39 is 22.4 Å². The number of rotatable bonds is 4. The van der Waals surface area contributed by atoms with Crippen LogP contribution >= 0.6 is 0 Å². The maximum absolute atomic E-state index is 13.1. The van der Waals surface area contributed by atoms with Gasteiger partial charge < -0.3 is 14.4 Å². The first-order valence-corrected chi connectivity index (χ1v) is 6.97. The Morgan fingerprint density at radius 3 is 2.70 bits per heavy atom. The van der Waals surface area contributed by atoms with Gasteiger partial charge in [-0.25, -0.2) is 0 Å². The van der Waals surface area contributed by atoms with Crippen molar-refractivity contribution in [3.63, 3.8) is 0 Å². The molecule has 2 unspecified atom stereocenters. The number of alkyl halides is 3. The van der Waals surface area contributed by atoms with Crippen molar-refractivity contribution in [3.05, 3.63) is 33.9 Å². The van der Waals surface area contributed by atoms with E-state index in [-0.39, 0.29) is 17.9 Å². The Labute approximate surface area is 130 Å². The van der Waals surface area contributed by atoms with Crippen molar-refractivity contribution >= 4 is 11.4 Å². The third kappa shape index (κ3) is 4.11. The number of hydrogen-bond acceptors (Lipinski definition) is 5. The minimum Gasteiger partial charge on any atom is -0.382 e. The number of ether oxygens (including phenoxy) is 2. The first kappa shape index (κ1) is 17.5. The van der Waals surface area contributed by atoms with Crippen LogP contribution in [0.4, 0.5) is 24.5 Å². The Bertz CT molecular complexity index is 580. The van der Waals surface area contributed by atoms with E-state index in [1.807, 2.05) is 6.92 Å². The van der Waals surface area contributed by atoms with Gasteiger partial charge in [-0.1, -0.05) is 0 Å². The number of benzene rings is 1. The standard InChI is InChI=1S/C14H17F3N2O4/c1-9-6-18(7-11(23-9)8-22-2)10-3-4-13(19(20)21)12(5-10)14(15,16)17/h3-5,9,11H,6-8H2,1-2H3. The molecule has 1 heterocycles. The van der Waals surface area contributed by atoms with E-state index in [2.05, 4.69) is 0 Å². The Morgan fingerprint density at radius 2 is 2.13 bits per heavy atom. The van der Waals surface area contributed by atoms with Gasteiger partial charge in [0.05, 0.1) is 23.7 Å². The van der Waals surface area contributed by atoms with Crippen LogP contribution in [0.5, 0.6) is 0 Å². The Kier molecular flexibility index (Phi) is 5.10. The number of nitro benzene ring substituents is 1. The molecule has 23 heavy (non-hydrogen) atoms. The van der Waals surface area contributed by atoms with Crippen molar-refractivity contribution < 1.29 is 27.6 Å². The summed E-state index contributed by atoms with van der Waals surface area (Å²) >= 11 is 0. The highest BCUT2D eigenvalue weighted by atomic mass is 19.4. The number of hydrogen-bond donors (Lipinski definition) is 0. The van der Waals surface area contributed by atoms with Gasteiger partial charge >= 0.3 is 6.18 Å². The van der Waals surface area contributed by atoms with E-state index >= 15 is 0 Å². The van der Waals surface area contributed by atoms with Gasteiger partial charge in [0.1, 0.15) is 5.56 Å². The molecule has 2 atom stereocenters. The van der Waals surface area contributed by atoms with E-state index in [0.717, 1.165) is 12.1 Å². The molecule has 0 saturated carbocycles. The molecule has 0 aromatic heterocycles. The summed E-state index contributed by atoms with van der Waals surface area (Å²) in [6.07, 6.45) is -5.25. The molecule has 6 nitrogen and oxygen atoms in total. The molecule has 1 aromatic rings. The summed E-state index contributed by atoms with van der Waals surface area (Å²) in [5.41, 5.74) is -1.92. The van der Waals surface area contributed by atoms with Crippen LogP contribution < -0.4 is 4.90 Å². The molecule has 0 N–H and O–H groups in total. The Balaban J connectivity index is 2.34. The number of methoxy groups -OCH3 is 1. The second-order valence-corrected chi connectivity index (χ2v) is 5.39. The van der Waals surface area contributed by atoms with E-state index in [1.165, 1.54) is 13.2 Å². The maximum Gasteiger partial charge on any atom is 0.423 e. The second kappa shape index (κ2) is 6.71. The predicted octanol–water partition coefficient (Wildman–Crippen LogP) is 2.85. The minimum absolute atomic E-state index is 0.187. The Hall–Kier alpha value is -1.87. The second-order valence-electron chi connectivity index (χ2n) is 5.39. The number of nitro groups is 1. The van der Waals surface area contributed by atoms with Crippen LogP contribution in [0.25, 0.3) is 0 Å². The normalized spacial score (nSPS) is 22.2. The fraction of sp³-hybridized carbons (Fsp3) is 0.571. The van der Waals surface area contributed by atoms with Crippen molar-refractivity contribution in [1.82, 2.24) is 0 Å². The lowest BCUT2D eigenvalue weighted by Crippen LogP contribution is -2.48. The van der Waals surface area contributed by atoms with Crippen molar-refractivity contribution in [3.8, 4) is 0 Å². The lowest BCUT2D eigenvalue weighted by Gasteiger charge is -2.38. The highest BCUT2D eigenvalue weighted by molar-refractivity contribution is 5.57. The van der Waals surface area contributed by atoms with Crippen LogP contribution in [0.1, 0.15) is 12.5 Å². The van der Waals surface area contributed by atoms with E-state index in [0.29, 0.717) is 19.7 Å². The third-order valence-electron chi connectivity index (χ3n) is 3.53. The first-order valence-electron chi connectivity index (χ1n) is 6.97. The number of nitrogens with zero attached hydrogens (tertiary/aromatic N) is 2. The summed E-state index contributed by atoms with van der Waals surface area (Å²) in [6.45, 7) is 2.88. The lowest BCUT2D eigenvalue weighted by atomic mass is 10.1. The van der Waals surface area contributed by atoms with Gasteiger partial charge in [0.25, 0.3) is 5.69 Å². The summed E-state index contributed by atoms with van der Waals surface area (Å²) in [4.78, 5) is 11.5. The van der Waals surface area contributed by atoms with Gasteiger partial charge in [-0.05, 0) is 19.1 Å². The summed E-state index contributed by atoms with van der Waals surface area (Å²) in [6, 6.07) is 3.04. The molecule has 9 heteroatoms. The molecule has 0 aliphatic carbocycles. The van der Waals surface area contributed by atoms with Crippen LogP contribution in [0, 0.1) is 10.1 Å².